The Morgan fingerprint density at radius 3 is 2.88 bits per heavy atom. The van der Waals surface area contributed by atoms with E-state index in [-0.39, 0.29) is 11.8 Å². The number of nitrogens with zero attached hydrogens (tertiary/aromatic N) is 6. The Morgan fingerprint density at radius 2 is 2.08 bits per heavy atom. The van der Waals surface area contributed by atoms with Crippen molar-refractivity contribution in [1.82, 2.24) is 30.6 Å². The molecule has 0 unspecified atom stereocenters. The number of ether oxygens (including phenoxy) is 1. The summed E-state index contributed by atoms with van der Waals surface area (Å²) in [5.41, 5.74) is 0.629. The Labute approximate surface area is 152 Å². The van der Waals surface area contributed by atoms with Gasteiger partial charge in [0.1, 0.15) is 0 Å². The van der Waals surface area contributed by atoms with Crippen LogP contribution in [0.4, 0.5) is 5.82 Å². The third-order valence-electron chi connectivity index (χ3n) is 5.06. The Kier molecular flexibility index (Phi) is 5.24. The fraction of sp³-hybridized carbons (Fsp3) is 0.706. The molecule has 1 saturated heterocycles. The predicted octanol–water partition coefficient (Wildman–Crippen LogP) is 0.669. The number of fused-ring (bicyclic) bond motifs is 1. The summed E-state index contributed by atoms with van der Waals surface area (Å²) in [4.78, 5) is 14.5. The molecule has 2 aliphatic rings. The first-order valence-electron chi connectivity index (χ1n) is 9.45. The molecule has 0 radical (unpaired) electrons. The third-order valence-corrected chi connectivity index (χ3v) is 5.06. The van der Waals surface area contributed by atoms with Gasteiger partial charge in [0.05, 0.1) is 0 Å². The molecule has 4 rings (SSSR count). The summed E-state index contributed by atoms with van der Waals surface area (Å²) >= 11 is 0. The van der Waals surface area contributed by atoms with E-state index in [9.17, 15) is 4.79 Å². The first kappa shape index (κ1) is 17.1. The summed E-state index contributed by atoms with van der Waals surface area (Å²) in [7, 11) is 0. The number of anilines is 1. The number of piperidine rings is 1. The number of rotatable bonds is 8. The molecule has 3 heterocycles. The zero-order valence-corrected chi connectivity index (χ0v) is 14.9. The van der Waals surface area contributed by atoms with Gasteiger partial charge in [-0.25, -0.2) is 0 Å². The van der Waals surface area contributed by atoms with Crippen molar-refractivity contribution in [2.75, 3.05) is 37.7 Å². The van der Waals surface area contributed by atoms with E-state index >= 15 is 0 Å². The zero-order valence-electron chi connectivity index (χ0n) is 14.9. The maximum absolute atomic E-state index is 12.3. The molecule has 26 heavy (non-hydrogen) atoms. The largest absolute Gasteiger partial charge is 0.381 e. The van der Waals surface area contributed by atoms with E-state index in [1.54, 1.807) is 0 Å². The van der Waals surface area contributed by atoms with E-state index < -0.39 is 0 Å². The fourth-order valence-corrected chi connectivity index (χ4v) is 3.24. The van der Waals surface area contributed by atoms with Crippen LogP contribution in [0.15, 0.2) is 12.1 Å². The second-order valence-corrected chi connectivity index (χ2v) is 7.14. The topological polar surface area (TPSA) is 97.5 Å². The molecule has 9 heteroatoms. The summed E-state index contributed by atoms with van der Waals surface area (Å²) in [6.07, 6.45) is 5.18. The van der Waals surface area contributed by atoms with Crippen molar-refractivity contribution in [2.45, 2.75) is 32.1 Å². The molecular weight excluding hydrogens is 334 g/mol. The van der Waals surface area contributed by atoms with Gasteiger partial charge in [-0.05, 0) is 60.6 Å². The van der Waals surface area contributed by atoms with E-state index in [0.717, 1.165) is 57.3 Å². The second kappa shape index (κ2) is 7.94. The maximum Gasteiger partial charge on any atom is 0.223 e. The number of amides is 1. The molecule has 2 aromatic rings. The normalized spacial score (nSPS) is 18.4. The summed E-state index contributed by atoms with van der Waals surface area (Å²) in [5.74, 6) is 1.88. The fourth-order valence-electron chi connectivity index (χ4n) is 3.24. The molecule has 0 aromatic carbocycles. The van der Waals surface area contributed by atoms with Crippen LogP contribution in [0.25, 0.3) is 5.65 Å². The van der Waals surface area contributed by atoms with Crippen molar-refractivity contribution in [3.8, 4) is 0 Å². The minimum absolute atomic E-state index is 0.0791. The molecule has 0 spiro atoms. The molecule has 140 valence electrons. The highest BCUT2D eigenvalue weighted by atomic mass is 16.5. The number of tetrazole rings is 1. The molecule has 2 fully saturated rings. The van der Waals surface area contributed by atoms with Gasteiger partial charge < -0.3 is 15.0 Å². The highest BCUT2D eigenvalue weighted by Gasteiger charge is 2.25. The van der Waals surface area contributed by atoms with Crippen LogP contribution >= 0.6 is 0 Å². The lowest BCUT2D eigenvalue weighted by Crippen LogP contribution is -2.41. The molecule has 1 N–H and O–H groups in total. The molecule has 1 aliphatic heterocycles. The lowest BCUT2D eigenvalue weighted by Gasteiger charge is -2.31. The highest BCUT2D eigenvalue weighted by molar-refractivity contribution is 5.78. The van der Waals surface area contributed by atoms with Crippen molar-refractivity contribution < 1.29 is 9.53 Å². The van der Waals surface area contributed by atoms with Gasteiger partial charge in [0, 0.05) is 38.8 Å². The summed E-state index contributed by atoms with van der Waals surface area (Å²) < 4.78 is 7.02. The minimum Gasteiger partial charge on any atom is -0.381 e. The van der Waals surface area contributed by atoms with Gasteiger partial charge in [0.2, 0.25) is 5.91 Å². The SMILES string of the molecule is O=C(NCCCOCC1CC1)C1CCN(c2ccc3nnnn3n2)CC1. The molecule has 1 amide bonds. The van der Waals surface area contributed by atoms with Crippen molar-refractivity contribution >= 4 is 17.4 Å². The van der Waals surface area contributed by atoms with Crippen LogP contribution in [0.5, 0.6) is 0 Å². The molecule has 2 aromatic heterocycles. The molecule has 1 aliphatic carbocycles. The van der Waals surface area contributed by atoms with Crippen LogP contribution < -0.4 is 10.2 Å². The van der Waals surface area contributed by atoms with Gasteiger partial charge in [-0.2, -0.15) is 0 Å². The zero-order chi connectivity index (χ0) is 17.8. The highest BCUT2D eigenvalue weighted by Crippen LogP contribution is 2.28. The number of hydrogen-bond acceptors (Lipinski definition) is 7. The second-order valence-electron chi connectivity index (χ2n) is 7.14. The lowest BCUT2D eigenvalue weighted by atomic mass is 9.96. The van der Waals surface area contributed by atoms with Crippen molar-refractivity contribution in [3.05, 3.63) is 12.1 Å². The Morgan fingerprint density at radius 1 is 1.23 bits per heavy atom. The van der Waals surface area contributed by atoms with Gasteiger partial charge in [0.25, 0.3) is 0 Å². The van der Waals surface area contributed by atoms with Crippen LogP contribution in [-0.2, 0) is 9.53 Å². The summed E-state index contributed by atoms with van der Waals surface area (Å²) in [5, 5.41) is 18.8. The van der Waals surface area contributed by atoms with Gasteiger partial charge in [-0.1, -0.05) is 0 Å². The lowest BCUT2D eigenvalue weighted by molar-refractivity contribution is -0.125. The van der Waals surface area contributed by atoms with Crippen LogP contribution in [0.2, 0.25) is 0 Å². The molecule has 0 atom stereocenters. The smallest absolute Gasteiger partial charge is 0.223 e. The average molecular weight is 359 g/mol. The first-order valence-corrected chi connectivity index (χ1v) is 9.45. The van der Waals surface area contributed by atoms with Gasteiger partial charge >= 0.3 is 0 Å². The number of carbonyl (C=O) groups excluding carboxylic acids is 1. The quantitative estimate of drug-likeness (QED) is 0.692. The van der Waals surface area contributed by atoms with Gasteiger partial charge in [-0.15, -0.1) is 14.8 Å². The van der Waals surface area contributed by atoms with Crippen LogP contribution in [-0.4, -0.2) is 64.0 Å². The van der Waals surface area contributed by atoms with Crippen LogP contribution in [0.3, 0.4) is 0 Å². The van der Waals surface area contributed by atoms with Crippen LogP contribution in [0, 0.1) is 11.8 Å². The van der Waals surface area contributed by atoms with Crippen molar-refractivity contribution in [3.63, 3.8) is 0 Å². The summed E-state index contributed by atoms with van der Waals surface area (Å²) in [6.45, 7) is 3.94. The van der Waals surface area contributed by atoms with E-state index in [0.29, 0.717) is 12.2 Å². The average Bonchev–Trinajstić information content (AvgIpc) is 3.38. The Balaban J connectivity index is 1.17. The maximum atomic E-state index is 12.3. The van der Waals surface area contributed by atoms with Crippen LogP contribution in [0.1, 0.15) is 32.1 Å². The van der Waals surface area contributed by atoms with Gasteiger partial charge in [-0.3, -0.25) is 4.79 Å². The number of hydrogen-bond donors (Lipinski definition) is 1. The van der Waals surface area contributed by atoms with Crippen molar-refractivity contribution in [1.29, 1.82) is 0 Å². The Hall–Kier alpha value is -2.29. The van der Waals surface area contributed by atoms with Gasteiger partial charge in [0.15, 0.2) is 11.5 Å². The summed E-state index contributed by atoms with van der Waals surface area (Å²) in [6, 6.07) is 3.78. The number of nitrogens with one attached hydrogen (secondary N) is 1. The standard InChI is InChI=1S/C17H25N7O2/c25-17(18-8-1-11-26-12-13-2-3-13)14-6-9-23(10-7-14)16-5-4-15-19-21-22-24(15)20-16/h4-5,13-14H,1-3,6-12H2,(H,18,25). The molecule has 9 nitrogen and oxygen atoms in total. The number of aromatic nitrogens is 5. The Bertz CT molecular complexity index is 738. The first-order chi connectivity index (χ1) is 12.8. The van der Waals surface area contributed by atoms with E-state index in [4.69, 9.17) is 4.74 Å². The molecular formula is C17H25N7O2. The number of carbonyl (C=O) groups is 1. The van der Waals surface area contributed by atoms with E-state index in [1.165, 1.54) is 17.5 Å². The minimum atomic E-state index is 0.0791. The van der Waals surface area contributed by atoms with E-state index in [2.05, 4.69) is 30.8 Å². The molecule has 1 saturated carbocycles. The molecule has 0 bridgehead atoms. The monoisotopic (exact) mass is 359 g/mol. The predicted molar refractivity (Wildman–Crippen MR) is 94.7 cm³/mol. The third kappa shape index (κ3) is 4.27. The van der Waals surface area contributed by atoms with Crippen molar-refractivity contribution in [2.24, 2.45) is 11.8 Å². The van der Waals surface area contributed by atoms with E-state index in [1.807, 2.05) is 12.1 Å².